The van der Waals surface area contributed by atoms with Gasteiger partial charge in [0.05, 0.1) is 11.0 Å². The second-order valence-corrected chi connectivity index (χ2v) is 4.70. The summed E-state index contributed by atoms with van der Waals surface area (Å²) in [6.45, 7) is 0. The lowest BCUT2D eigenvalue weighted by Crippen LogP contribution is -1.80. The zero-order chi connectivity index (χ0) is 13.7. The molecule has 0 radical (unpaired) electrons. The Bertz CT molecular complexity index is 939. The Morgan fingerprint density at radius 3 is 2.90 bits per heavy atom. The van der Waals surface area contributed by atoms with Crippen molar-refractivity contribution in [2.75, 3.05) is 0 Å². The average molecular weight is 267 g/mol. The number of aromatic nitrogens is 3. The molecule has 98 valence electrons. The molecular weight excluding hydrogens is 257 g/mol. The van der Waals surface area contributed by atoms with Crippen LogP contribution >= 0.6 is 0 Å². The highest BCUT2D eigenvalue weighted by molar-refractivity contribution is 5.97. The molecule has 3 heterocycles. The third-order valence-corrected chi connectivity index (χ3v) is 3.41. The molecule has 3 N–H and O–H groups in total. The van der Waals surface area contributed by atoms with E-state index in [1.807, 2.05) is 12.3 Å². The van der Waals surface area contributed by atoms with Gasteiger partial charge in [-0.2, -0.15) is 0 Å². The van der Waals surface area contributed by atoms with Gasteiger partial charge in [0, 0.05) is 40.5 Å². The van der Waals surface area contributed by atoms with E-state index in [4.69, 9.17) is 0 Å². The van der Waals surface area contributed by atoms with E-state index in [0.717, 1.165) is 27.5 Å². The lowest BCUT2D eigenvalue weighted by atomic mass is 10.1. The molecular formula is C15H10FN3O. The molecule has 4 nitrogen and oxygen atoms in total. The predicted octanol–water partition coefficient (Wildman–Crippen LogP) is 3.56. The van der Waals surface area contributed by atoms with E-state index in [9.17, 15) is 9.50 Å². The van der Waals surface area contributed by atoms with Crippen LogP contribution in [0.1, 0.15) is 0 Å². The van der Waals surface area contributed by atoms with E-state index in [-0.39, 0.29) is 11.7 Å². The SMILES string of the molecule is Oc1cc2ncc(-c3c[nH]c4cc(F)ccc34)cc2[nH]1. The number of benzene rings is 1. The van der Waals surface area contributed by atoms with Gasteiger partial charge in [-0.05, 0) is 24.3 Å². The summed E-state index contributed by atoms with van der Waals surface area (Å²) >= 11 is 0. The normalized spacial score (nSPS) is 11.4. The third-order valence-electron chi connectivity index (χ3n) is 3.41. The van der Waals surface area contributed by atoms with Gasteiger partial charge in [-0.25, -0.2) is 4.39 Å². The van der Waals surface area contributed by atoms with Crippen molar-refractivity contribution in [2.24, 2.45) is 0 Å². The van der Waals surface area contributed by atoms with Crippen LogP contribution in [-0.2, 0) is 0 Å². The van der Waals surface area contributed by atoms with Crippen molar-refractivity contribution in [2.45, 2.75) is 0 Å². The van der Waals surface area contributed by atoms with Crippen molar-refractivity contribution < 1.29 is 9.50 Å². The van der Waals surface area contributed by atoms with Crippen LogP contribution in [0.25, 0.3) is 33.1 Å². The molecule has 0 unspecified atom stereocenters. The van der Waals surface area contributed by atoms with Gasteiger partial charge < -0.3 is 15.1 Å². The van der Waals surface area contributed by atoms with Crippen LogP contribution in [-0.4, -0.2) is 20.1 Å². The zero-order valence-electron chi connectivity index (χ0n) is 10.3. The van der Waals surface area contributed by atoms with Gasteiger partial charge in [-0.15, -0.1) is 0 Å². The summed E-state index contributed by atoms with van der Waals surface area (Å²) in [4.78, 5) is 10.2. The van der Waals surface area contributed by atoms with Gasteiger partial charge in [0.1, 0.15) is 5.82 Å². The monoisotopic (exact) mass is 267 g/mol. The molecule has 0 saturated carbocycles. The number of H-pyrrole nitrogens is 2. The van der Waals surface area contributed by atoms with Crippen LogP contribution in [0.3, 0.4) is 0 Å². The Morgan fingerprint density at radius 1 is 1.10 bits per heavy atom. The molecule has 0 spiro atoms. The minimum absolute atomic E-state index is 0.0886. The predicted molar refractivity (Wildman–Crippen MR) is 75.0 cm³/mol. The summed E-state index contributed by atoms with van der Waals surface area (Å²) < 4.78 is 13.2. The van der Waals surface area contributed by atoms with E-state index < -0.39 is 0 Å². The first-order valence-electron chi connectivity index (χ1n) is 6.15. The number of halogens is 1. The van der Waals surface area contributed by atoms with Crippen molar-refractivity contribution >= 4 is 21.9 Å². The maximum atomic E-state index is 13.2. The number of fused-ring (bicyclic) bond motifs is 2. The molecule has 0 aliphatic rings. The quantitative estimate of drug-likeness (QED) is 0.493. The lowest BCUT2D eigenvalue weighted by molar-refractivity contribution is 0.458. The van der Waals surface area contributed by atoms with Crippen molar-refractivity contribution in [3.05, 3.63) is 48.5 Å². The number of nitrogens with zero attached hydrogens (tertiary/aromatic N) is 1. The van der Waals surface area contributed by atoms with Crippen molar-refractivity contribution in [3.63, 3.8) is 0 Å². The second kappa shape index (κ2) is 3.84. The first kappa shape index (κ1) is 11.0. The number of rotatable bonds is 1. The standard InChI is InChI=1S/C15H10FN3O/c16-9-1-2-10-11(7-18-12(10)4-9)8-3-14-13(17-6-8)5-15(20)19-14/h1-7,18-20H. The van der Waals surface area contributed by atoms with Gasteiger partial charge in [0.25, 0.3) is 0 Å². The molecule has 4 rings (SSSR count). The minimum Gasteiger partial charge on any atom is -0.495 e. The molecule has 0 amide bonds. The van der Waals surface area contributed by atoms with E-state index in [1.165, 1.54) is 12.1 Å². The number of pyridine rings is 1. The summed E-state index contributed by atoms with van der Waals surface area (Å²) in [5.41, 5.74) is 4.06. The minimum atomic E-state index is -0.270. The van der Waals surface area contributed by atoms with Gasteiger partial charge in [-0.1, -0.05) is 0 Å². The van der Waals surface area contributed by atoms with Gasteiger partial charge >= 0.3 is 0 Å². The molecule has 3 aromatic heterocycles. The first-order chi connectivity index (χ1) is 9.70. The average Bonchev–Trinajstić information content (AvgIpc) is 2.99. The Hall–Kier alpha value is -2.82. The number of aromatic amines is 2. The smallest absolute Gasteiger partial charge is 0.190 e. The fourth-order valence-electron chi connectivity index (χ4n) is 2.48. The topological polar surface area (TPSA) is 64.7 Å². The molecule has 0 bridgehead atoms. The zero-order valence-corrected chi connectivity index (χ0v) is 10.3. The number of hydrogen-bond donors (Lipinski definition) is 3. The van der Waals surface area contributed by atoms with Crippen LogP contribution in [0.4, 0.5) is 4.39 Å². The first-order valence-corrected chi connectivity index (χ1v) is 6.15. The number of hydrogen-bond acceptors (Lipinski definition) is 2. The largest absolute Gasteiger partial charge is 0.495 e. The molecule has 20 heavy (non-hydrogen) atoms. The number of nitrogens with one attached hydrogen (secondary N) is 2. The van der Waals surface area contributed by atoms with Crippen LogP contribution in [0.15, 0.2) is 42.7 Å². The lowest BCUT2D eigenvalue weighted by Gasteiger charge is -1.99. The summed E-state index contributed by atoms with van der Waals surface area (Å²) in [7, 11) is 0. The fraction of sp³-hybridized carbons (Fsp3) is 0. The second-order valence-electron chi connectivity index (χ2n) is 4.70. The van der Waals surface area contributed by atoms with E-state index in [0.29, 0.717) is 5.52 Å². The third kappa shape index (κ3) is 1.56. The van der Waals surface area contributed by atoms with Gasteiger partial charge in [0.2, 0.25) is 0 Å². The van der Waals surface area contributed by atoms with E-state index in [2.05, 4.69) is 15.0 Å². The number of aromatic hydroxyl groups is 1. The van der Waals surface area contributed by atoms with Gasteiger partial charge in [0.15, 0.2) is 5.88 Å². The molecule has 4 aromatic rings. The van der Waals surface area contributed by atoms with Crippen LogP contribution in [0.2, 0.25) is 0 Å². The highest BCUT2D eigenvalue weighted by atomic mass is 19.1. The Labute approximate surface area is 112 Å². The molecule has 0 fully saturated rings. The van der Waals surface area contributed by atoms with Crippen LogP contribution in [0, 0.1) is 5.82 Å². The molecule has 0 aliphatic heterocycles. The Kier molecular flexibility index (Phi) is 2.12. The Morgan fingerprint density at radius 2 is 2.00 bits per heavy atom. The van der Waals surface area contributed by atoms with Crippen LogP contribution < -0.4 is 0 Å². The maximum Gasteiger partial charge on any atom is 0.190 e. The van der Waals surface area contributed by atoms with Crippen LogP contribution in [0.5, 0.6) is 5.88 Å². The fourth-order valence-corrected chi connectivity index (χ4v) is 2.48. The van der Waals surface area contributed by atoms with Gasteiger partial charge in [-0.3, -0.25) is 4.98 Å². The summed E-state index contributed by atoms with van der Waals surface area (Å²) in [6, 6.07) is 8.13. The highest BCUT2D eigenvalue weighted by Gasteiger charge is 2.09. The van der Waals surface area contributed by atoms with E-state index in [1.54, 1.807) is 18.3 Å². The highest BCUT2D eigenvalue weighted by Crippen LogP contribution is 2.30. The summed E-state index contributed by atoms with van der Waals surface area (Å²) in [5.74, 6) is -0.181. The van der Waals surface area contributed by atoms with Crippen molar-refractivity contribution in [1.29, 1.82) is 0 Å². The molecule has 5 heteroatoms. The molecule has 1 aromatic carbocycles. The maximum absolute atomic E-state index is 13.2. The van der Waals surface area contributed by atoms with E-state index >= 15 is 0 Å². The summed E-state index contributed by atoms with van der Waals surface area (Å²) in [5, 5.41) is 10.4. The molecule has 0 aliphatic carbocycles. The summed E-state index contributed by atoms with van der Waals surface area (Å²) in [6.07, 6.45) is 3.57. The molecule has 0 atom stereocenters. The van der Waals surface area contributed by atoms with Crippen molar-refractivity contribution in [3.8, 4) is 17.0 Å². The van der Waals surface area contributed by atoms with Crippen molar-refractivity contribution in [1.82, 2.24) is 15.0 Å². The Balaban J connectivity index is 1.95. The molecule has 0 saturated heterocycles.